The summed E-state index contributed by atoms with van der Waals surface area (Å²) in [4.78, 5) is 22.7. The number of carbonyl (C=O) groups excluding carboxylic acids is 2. The third kappa shape index (κ3) is 9.78. The highest BCUT2D eigenvalue weighted by Crippen LogP contribution is 2.05. The zero-order chi connectivity index (χ0) is 14.7. The Labute approximate surface area is 120 Å². The molecule has 3 N–H and O–H groups in total. The Morgan fingerprint density at radius 2 is 2.05 bits per heavy atom. The van der Waals surface area contributed by atoms with Gasteiger partial charge in [-0.1, -0.05) is 26.2 Å². The molecule has 0 bridgehead atoms. The van der Waals surface area contributed by atoms with Gasteiger partial charge < -0.3 is 15.8 Å². The number of thioether (sulfide) groups is 1. The number of rotatable bonds is 10. The minimum Gasteiger partial charge on any atom is -0.468 e. The van der Waals surface area contributed by atoms with Crippen molar-refractivity contribution in [3.63, 3.8) is 0 Å². The second-order valence-corrected chi connectivity index (χ2v) is 5.64. The van der Waals surface area contributed by atoms with Gasteiger partial charge in [-0.05, 0) is 13.3 Å². The minimum atomic E-state index is -0.662. The highest BCUT2D eigenvalue weighted by Gasteiger charge is 2.14. The van der Waals surface area contributed by atoms with Crippen molar-refractivity contribution in [2.75, 3.05) is 18.6 Å². The molecule has 0 radical (unpaired) electrons. The van der Waals surface area contributed by atoms with Gasteiger partial charge in [0.2, 0.25) is 5.91 Å². The second kappa shape index (κ2) is 11.1. The molecule has 0 aromatic heterocycles. The lowest BCUT2D eigenvalue weighted by atomic mass is 10.1. The summed E-state index contributed by atoms with van der Waals surface area (Å²) in [6, 6.07) is -0.460. The topological polar surface area (TPSA) is 81.4 Å². The van der Waals surface area contributed by atoms with Gasteiger partial charge in [-0.2, -0.15) is 0 Å². The van der Waals surface area contributed by atoms with Crippen LogP contribution in [0.25, 0.3) is 0 Å². The molecule has 0 aromatic carbocycles. The molecule has 19 heavy (non-hydrogen) atoms. The van der Waals surface area contributed by atoms with Gasteiger partial charge in [0, 0.05) is 11.8 Å². The average Bonchev–Trinajstić information content (AvgIpc) is 2.37. The zero-order valence-corrected chi connectivity index (χ0v) is 12.9. The standard InChI is InChI=1S/C13H26N2O3S/c1-4-5-6-7-10(2)15-12(16)9-19-8-11(14)13(17)18-3/h10-11H,4-9,14H2,1-3H3,(H,15,16). The molecular formula is C13H26N2O3S. The fourth-order valence-electron chi connectivity index (χ4n) is 1.59. The number of nitrogens with one attached hydrogen (secondary N) is 1. The lowest BCUT2D eigenvalue weighted by Gasteiger charge is -2.14. The molecule has 0 saturated carbocycles. The van der Waals surface area contributed by atoms with Crippen LogP contribution in [-0.2, 0) is 14.3 Å². The highest BCUT2D eigenvalue weighted by molar-refractivity contribution is 8.00. The second-order valence-electron chi connectivity index (χ2n) is 4.61. The van der Waals surface area contributed by atoms with Crippen LogP contribution in [0.2, 0.25) is 0 Å². The van der Waals surface area contributed by atoms with Gasteiger partial charge in [-0.15, -0.1) is 11.8 Å². The number of hydrogen-bond donors (Lipinski definition) is 2. The number of carbonyl (C=O) groups is 2. The van der Waals surface area contributed by atoms with Gasteiger partial charge in [0.15, 0.2) is 0 Å². The Morgan fingerprint density at radius 3 is 2.63 bits per heavy atom. The van der Waals surface area contributed by atoms with Crippen molar-refractivity contribution in [3.05, 3.63) is 0 Å². The van der Waals surface area contributed by atoms with Crippen LogP contribution in [-0.4, -0.2) is 42.6 Å². The lowest BCUT2D eigenvalue weighted by molar-refractivity contribution is -0.141. The maximum Gasteiger partial charge on any atom is 0.323 e. The van der Waals surface area contributed by atoms with Crippen molar-refractivity contribution in [1.82, 2.24) is 5.32 Å². The summed E-state index contributed by atoms with van der Waals surface area (Å²) in [6.07, 6.45) is 4.52. The molecule has 0 aliphatic heterocycles. The van der Waals surface area contributed by atoms with Crippen LogP contribution in [0.1, 0.15) is 39.5 Å². The first-order valence-corrected chi connectivity index (χ1v) is 7.87. The van der Waals surface area contributed by atoms with Gasteiger partial charge in [0.1, 0.15) is 6.04 Å². The summed E-state index contributed by atoms with van der Waals surface area (Å²) in [5, 5.41) is 2.94. The summed E-state index contributed by atoms with van der Waals surface area (Å²) in [6.45, 7) is 4.17. The molecule has 2 unspecified atom stereocenters. The lowest BCUT2D eigenvalue weighted by Crippen LogP contribution is -2.36. The van der Waals surface area contributed by atoms with E-state index in [1.165, 1.54) is 31.7 Å². The maximum absolute atomic E-state index is 11.6. The van der Waals surface area contributed by atoms with E-state index < -0.39 is 12.0 Å². The summed E-state index contributed by atoms with van der Waals surface area (Å²) in [7, 11) is 1.30. The van der Waals surface area contributed by atoms with E-state index in [2.05, 4.69) is 17.0 Å². The molecular weight excluding hydrogens is 264 g/mol. The minimum absolute atomic E-state index is 0.00827. The number of nitrogens with two attached hydrogens (primary N) is 1. The van der Waals surface area contributed by atoms with Crippen LogP contribution in [0.15, 0.2) is 0 Å². The smallest absolute Gasteiger partial charge is 0.323 e. The van der Waals surface area contributed by atoms with Crippen molar-refractivity contribution in [2.45, 2.75) is 51.6 Å². The number of ether oxygens (including phenoxy) is 1. The Kier molecular flexibility index (Phi) is 10.7. The fraction of sp³-hybridized carbons (Fsp3) is 0.846. The van der Waals surface area contributed by atoms with E-state index >= 15 is 0 Å². The Hall–Kier alpha value is -0.750. The van der Waals surface area contributed by atoms with Crippen molar-refractivity contribution >= 4 is 23.6 Å². The van der Waals surface area contributed by atoms with Crippen LogP contribution in [0.4, 0.5) is 0 Å². The van der Waals surface area contributed by atoms with Gasteiger partial charge in [-0.3, -0.25) is 9.59 Å². The molecule has 0 aliphatic carbocycles. The van der Waals surface area contributed by atoms with Crippen LogP contribution in [0.3, 0.4) is 0 Å². The van der Waals surface area contributed by atoms with Crippen LogP contribution < -0.4 is 11.1 Å². The monoisotopic (exact) mass is 290 g/mol. The summed E-state index contributed by atoms with van der Waals surface area (Å²) in [5.41, 5.74) is 5.57. The summed E-state index contributed by atoms with van der Waals surface area (Å²) >= 11 is 1.35. The van der Waals surface area contributed by atoms with Gasteiger partial charge in [-0.25, -0.2) is 0 Å². The molecule has 1 amide bonds. The van der Waals surface area contributed by atoms with E-state index in [-0.39, 0.29) is 11.9 Å². The molecule has 0 aliphatic rings. The fourth-order valence-corrected chi connectivity index (χ4v) is 2.36. The highest BCUT2D eigenvalue weighted by atomic mass is 32.2. The molecule has 0 heterocycles. The summed E-state index contributed by atoms with van der Waals surface area (Å²) in [5.74, 6) is 0.263. The van der Waals surface area contributed by atoms with Crippen molar-refractivity contribution < 1.29 is 14.3 Å². The molecule has 0 aromatic rings. The number of hydrogen-bond acceptors (Lipinski definition) is 5. The quantitative estimate of drug-likeness (QED) is 0.468. The van der Waals surface area contributed by atoms with E-state index in [0.29, 0.717) is 11.5 Å². The molecule has 5 nitrogen and oxygen atoms in total. The Bertz CT molecular complexity index is 275. The molecule has 6 heteroatoms. The van der Waals surface area contributed by atoms with Gasteiger partial charge in [0.05, 0.1) is 12.9 Å². The van der Waals surface area contributed by atoms with Crippen molar-refractivity contribution in [1.29, 1.82) is 0 Å². The number of amides is 1. The van der Waals surface area contributed by atoms with Gasteiger partial charge in [0.25, 0.3) is 0 Å². The van der Waals surface area contributed by atoms with E-state index in [1.54, 1.807) is 0 Å². The third-order valence-electron chi connectivity index (χ3n) is 2.68. The number of methoxy groups -OCH3 is 1. The summed E-state index contributed by atoms with van der Waals surface area (Å²) < 4.78 is 4.51. The van der Waals surface area contributed by atoms with Crippen LogP contribution in [0.5, 0.6) is 0 Å². The van der Waals surface area contributed by atoms with Crippen molar-refractivity contribution in [3.8, 4) is 0 Å². The van der Waals surface area contributed by atoms with E-state index in [4.69, 9.17) is 5.73 Å². The normalized spacial score (nSPS) is 13.7. The zero-order valence-electron chi connectivity index (χ0n) is 12.1. The van der Waals surface area contributed by atoms with Gasteiger partial charge >= 0.3 is 5.97 Å². The van der Waals surface area contributed by atoms with Crippen molar-refractivity contribution in [2.24, 2.45) is 5.73 Å². The van der Waals surface area contributed by atoms with E-state index in [0.717, 1.165) is 12.8 Å². The Morgan fingerprint density at radius 1 is 1.37 bits per heavy atom. The molecule has 112 valence electrons. The maximum atomic E-state index is 11.6. The van der Waals surface area contributed by atoms with E-state index in [9.17, 15) is 9.59 Å². The Balaban J connectivity index is 3.66. The predicted molar refractivity (Wildman–Crippen MR) is 79.1 cm³/mol. The first-order valence-electron chi connectivity index (χ1n) is 6.71. The first kappa shape index (κ1) is 18.2. The number of unbranched alkanes of at least 4 members (excludes halogenated alkanes) is 2. The SMILES string of the molecule is CCCCCC(C)NC(=O)CSCC(N)C(=O)OC. The predicted octanol–water partition coefficient (Wildman–Crippen LogP) is 1.30. The molecule has 0 saturated heterocycles. The molecule has 0 rings (SSSR count). The largest absolute Gasteiger partial charge is 0.468 e. The van der Waals surface area contributed by atoms with Crippen LogP contribution in [0, 0.1) is 0 Å². The van der Waals surface area contributed by atoms with Crippen LogP contribution >= 0.6 is 11.8 Å². The number of esters is 1. The average molecular weight is 290 g/mol. The third-order valence-corrected chi connectivity index (χ3v) is 3.74. The van der Waals surface area contributed by atoms with E-state index in [1.807, 2.05) is 6.92 Å². The first-order chi connectivity index (χ1) is 9.01. The molecule has 0 fully saturated rings. The molecule has 2 atom stereocenters. The molecule has 0 spiro atoms.